The third kappa shape index (κ3) is 2.91. The average Bonchev–Trinajstić information content (AvgIpc) is 2.53. The zero-order chi connectivity index (χ0) is 9.84. The van der Waals surface area contributed by atoms with Crippen molar-refractivity contribution in [3.05, 3.63) is 0 Å². The van der Waals surface area contributed by atoms with E-state index in [4.69, 9.17) is 0 Å². The standard InChI is InChI=1S/C8H14F2N2O/c1-12(5-7(9)10)8(13)6-3-2-4-11-6/h6-7,11H,2-5H2,1H3/t6-/m1/s1. The first-order valence-corrected chi connectivity index (χ1v) is 4.38. The fourth-order valence-corrected chi connectivity index (χ4v) is 1.46. The summed E-state index contributed by atoms with van der Waals surface area (Å²) in [6, 6.07) is -0.247. The Hall–Kier alpha value is -0.710. The van der Waals surface area contributed by atoms with E-state index in [1.807, 2.05) is 0 Å². The monoisotopic (exact) mass is 192 g/mol. The van der Waals surface area contributed by atoms with Gasteiger partial charge in [0, 0.05) is 7.05 Å². The van der Waals surface area contributed by atoms with E-state index in [1.165, 1.54) is 7.05 Å². The smallest absolute Gasteiger partial charge is 0.255 e. The summed E-state index contributed by atoms with van der Waals surface area (Å²) in [6.45, 7) is 0.329. The van der Waals surface area contributed by atoms with Crippen molar-refractivity contribution >= 4 is 5.91 Å². The van der Waals surface area contributed by atoms with Gasteiger partial charge in [0.05, 0.1) is 12.6 Å². The molecule has 1 aliphatic rings. The van der Waals surface area contributed by atoms with Gasteiger partial charge in [-0.2, -0.15) is 0 Å². The minimum Gasteiger partial charge on any atom is -0.339 e. The van der Waals surface area contributed by atoms with Gasteiger partial charge in [-0.3, -0.25) is 4.79 Å². The van der Waals surface area contributed by atoms with Gasteiger partial charge in [0.1, 0.15) is 0 Å². The van der Waals surface area contributed by atoms with Crippen molar-refractivity contribution in [3.8, 4) is 0 Å². The van der Waals surface area contributed by atoms with Crippen molar-refractivity contribution in [1.82, 2.24) is 10.2 Å². The van der Waals surface area contributed by atoms with Crippen LogP contribution in [0.25, 0.3) is 0 Å². The van der Waals surface area contributed by atoms with Gasteiger partial charge in [0.15, 0.2) is 0 Å². The first-order chi connectivity index (χ1) is 6.11. The first kappa shape index (κ1) is 10.4. The van der Waals surface area contributed by atoms with Gasteiger partial charge in [0.25, 0.3) is 6.43 Å². The molecule has 3 nitrogen and oxygen atoms in total. The molecular formula is C8H14F2N2O. The predicted octanol–water partition coefficient (Wildman–Crippen LogP) is 0.462. The molecule has 1 heterocycles. The van der Waals surface area contributed by atoms with E-state index in [2.05, 4.69) is 5.32 Å². The molecule has 1 N–H and O–H groups in total. The maximum absolute atomic E-state index is 11.9. The number of nitrogens with one attached hydrogen (secondary N) is 1. The highest BCUT2D eigenvalue weighted by Crippen LogP contribution is 2.08. The van der Waals surface area contributed by atoms with Crippen LogP contribution in [0.4, 0.5) is 8.78 Å². The summed E-state index contributed by atoms with van der Waals surface area (Å²) >= 11 is 0. The maximum Gasteiger partial charge on any atom is 0.255 e. The molecule has 0 spiro atoms. The molecular weight excluding hydrogens is 178 g/mol. The molecule has 1 rings (SSSR count). The molecule has 76 valence electrons. The van der Waals surface area contributed by atoms with Crippen LogP contribution in [0.5, 0.6) is 0 Å². The molecule has 0 aromatic heterocycles. The number of carbonyl (C=O) groups excluding carboxylic acids is 1. The second kappa shape index (κ2) is 4.50. The zero-order valence-electron chi connectivity index (χ0n) is 7.59. The van der Waals surface area contributed by atoms with Crippen molar-refractivity contribution in [1.29, 1.82) is 0 Å². The number of hydrogen-bond acceptors (Lipinski definition) is 2. The van der Waals surface area contributed by atoms with Crippen LogP contribution in [-0.2, 0) is 4.79 Å². The lowest BCUT2D eigenvalue weighted by molar-refractivity contribution is -0.133. The van der Waals surface area contributed by atoms with E-state index >= 15 is 0 Å². The molecule has 0 radical (unpaired) electrons. The lowest BCUT2D eigenvalue weighted by Gasteiger charge is -2.20. The highest BCUT2D eigenvalue weighted by atomic mass is 19.3. The number of nitrogens with zero attached hydrogens (tertiary/aromatic N) is 1. The number of amides is 1. The normalized spacial score (nSPS) is 22.3. The van der Waals surface area contributed by atoms with Crippen LogP contribution in [0, 0.1) is 0 Å². The van der Waals surface area contributed by atoms with Gasteiger partial charge in [-0.15, -0.1) is 0 Å². The summed E-state index contributed by atoms with van der Waals surface area (Å²) in [6.07, 6.45) is -0.749. The van der Waals surface area contributed by atoms with Gasteiger partial charge in [-0.25, -0.2) is 8.78 Å². The molecule has 5 heteroatoms. The Labute approximate surface area is 76.1 Å². The highest BCUT2D eigenvalue weighted by molar-refractivity contribution is 5.81. The van der Waals surface area contributed by atoms with Crippen molar-refractivity contribution in [2.75, 3.05) is 20.1 Å². The summed E-state index contributed by atoms with van der Waals surface area (Å²) in [4.78, 5) is 12.5. The zero-order valence-corrected chi connectivity index (χ0v) is 7.59. The molecule has 1 aliphatic heterocycles. The Kier molecular flexibility index (Phi) is 3.59. The predicted molar refractivity (Wildman–Crippen MR) is 44.7 cm³/mol. The highest BCUT2D eigenvalue weighted by Gasteiger charge is 2.25. The molecule has 0 aromatic rings. The number of likely N-dealkylation sites (N-methyl/N-ethyl adjacent to an activating group) is 1. The van der Waals surface area contributed by atoms with Gasteiger partial charge >= 0.3 is 0 Å². The molecule has 0 aromatic carbocycles. The van der Waals surface area contributed by atoms with E-state index in [1.54, 1.807) is 0 Å². The third-order valence-electron chi connectivity index (χ3n) is 2.15. The van der Waals surface area contributed by atoms with Crippen LogP contribution in [0.15, 0.2) is 0 Å². The second-order valence-electron chi connectivity index (χ2n) is 3.26. The number of alkyl halides is 2. The Morgan fingerprint density at radius 1 is 1.69 bits per heavy atom. The van der Waals surface area contributed by atoms with E-state index in [0.29, 0.717) is 0 Å². The minimum absolute atomic E-state index is 0.224. The number of hydrogen-bond donors (Lipinski definition) is 1. The van der Waals surface area contributed by atoms with Gasteiger partial charge in [0.2, 0.25) is 5.91 Å². The number of carbonyl (C=O) groups is 1. The van der Waals surface area contributed by atoms with E-state index in [0.717, 1.165) is 24.3 Å². The molecule has 1 atom stereocenters. The van der Waals surface area contributed by atoms with Crippen molar-refractivity contribution in [2.24, 2.45) is 0 Å². The Bertz CT molecular complexity index is 181. The molecule has 1 fully saturated rings. The second-order valence-corrected chi connectivity index (χ2v) is 3.26. The quantitative estimate of drug-likeness (QED) is 0.704. The van der Waals surface area contributed by atoms with E-state index in [9.17, 15) is 13.6 Å². The van der Waals surface area contributed by atoms with Crippen LogP contribution < -0.4 is 5.32 Å². The topological polar surface area (TPSA) is 32.3 Å². The van der Waals surface area contributed by atoms with Gasteiger partial charge in [-0.1, -0.05) is 0 Å². The van der Waals surface area contributed by atoms with Gasteiger partial charge in [-0.05, 0) is 19.4 Å². The van der Waals surface area contributed by atoms with Crippen LogP contribution in [0.3, 0.4) is 0 Å². The third-order valence-corrected chi connectivity index (χ3v) is 2.15. The molecule has 13 heavy (non-hydrogen) atoms. The van der Waals surface area contributed by atoms with Crippen molar-refractivity contribution < 1.29 is 13.6 Å². The fraction of sp³-hybridized carbons (Fsp3) is 0.875. The summed E-state index contributed by atoms with van der Waals surface area (Å²) in [7, 11) is 1.41. The molecule has 0 saturated carbocycles. The summed E-state index contributed by atoms with van der Waals surface area (Å²) in [5, 5.41) is 2.97. The van der Waals surface area contributed by atoms with Crippen LogP contribution in [-0.4, -0.2) is 43.4 Å². The molecule has 0 aliphatic carbocycles. The molecule has 1 saturated heterocycles. The van der Waals surface area contributed by atoms with E-state index < -0.39 is 13.0 Å². The lowest BCUT2D eigenvalue weighted by atomic mass is 10.2. The molecule has 0 unspecified atom stereocenters. The number of halogens is 2. The molecule has 0 bridgehead atoms. The van der Waals surface area contributed by atoms with Crippen molar-refractivity contribution in [3.63, 3.8) is 0 Å². The average molecular weight is 192 g/mol. The largest absolute Gasteiger partial charge is 0.339 e. The molecule has 1 amide bonds. The number of rotatable bonds is 3. The first-order valence-electron chi connectivity index (χ1n) is 4.38. The Balaban J connectivity index is 2.36. The summed E-state index contributed by atoms with van der Waals surface area (Å²) in [5.74, 6) is -0.224. The fourth-order valence-electron chi connectivity index (χ4n) is 1.46. The summed E-state index contributed by atoms with van der Waals surface area (Å²) < 4.78 is 23.8. The Morgan fingerprint density at radius 2 is 2.38 bits per heavy atom. The van der Waals surface area contributed by atoms with Gasteiger partial charge < -0.3 is 10.2 Å². The summed E-state index contributed by atoms with van der Waals surface area (Å²) in [5.41, 5.74) is 0. The van der Waals surface area contributed by atoms with Crippen molar-refractivity contribution in [2.45, 2.75) is 25.3 Å². The SMILES string of the molecule is CN(CC(F)F)C(=O)[C@H]1CCCN1. The lowest BCUT2D eigenvalue weighted by Crippen LogP contribution is -2.43. The van der Waals surface area contributed by atoms with Crippen LogP contribution in [0.1, 0.15) is 12.8 Å². The van der Waals surface area contributed by atoms with Crippen LogP contribution >= 0.6 is 0 Å². The van der Waals surface area contributed by atoms with E-state index in [-0.39, 0.29) is 11.9 Å². The van der Waals surface area contributed by atoms with Crippen LogP contribution in [0.2, 0.25) is 0 Å². The Morgan fingerprint density at radius 3 is 2.85 bits per heavy atom. The maximum atomic E-state index is 11.9. The minimum atomic E-state index is -2.45.